The SMILES string of the molecule is O=C(c1cc2cc3ccc(Cl)cc3nc2o1)N1CCN(c2cccc(Cl)c2)CC1. The van der Waals surface area contributed by atoms with E-state index >= 15 is 0 Å². The average molecular weight is 426 g/mol. The Kier molecular flexibility index (Phi) is 4.57. The molecule has 146 valence electrons. The molecule has 0 radical (unpaired) electrons. The monoisotopic (exact) mass is 425 g/mol. The summed E-state index contributed by atoms with van der Waals surface area (Å²) in [4.78, 5) is 21.5. The second kappa shape index (κ2) is 7.25. The number of hydrogen-bond acceptors (Lipinski definition) is 4. The van der Waals surface area contributed by atoms with Crippen LogP contribution in [0.25, 0.3) is 22.0 Å². The fourth-order valence-electron chi connectivity index (χ4n) is 3.70. The molecule has 0 unspecified atom stereocenters. The molecule has 7 heteroatoms. The number of pyridine rings is 1. The highest BCUT2D eigenvalue weighted by Crippen LogP contribution is 2.26. The summed E-state index contributed by atoms with van der Waals surface area (Å²) in [5, 5.41) is 3.09. The Labute approximate surface area is 177 Å². The first-order chi connectivity index (χ1) is 14.1. The Hall–Kier alpha value is -2.76. The van der Waals surface area contributed by atoms with Gasteiger partial charge in [0.25, 0.3) is 5.91 Å². The predicted molar refractivity (Wildman–Crippen MR) is 116 cm³/mol. The quantitative estimate of drug-likeness (QED) is 0.439. The van der Waals surface area contributed by atoms with Crippen molar-refractivity contribution in [1.29, 1.82) is 0 Å². The molecular formula is C22H17Cl2N3O2. The van der Waals surface area contributed by atoms with Gasteiger partial charge in [0.15, 0.2) is 5.76 Å². The minimum Gasteiger partial charge on any atom is -0.433 e. The number of halogens is 2. The van der Waals surface area contributed by atoms with Gasteiger partial charge < -0.3 is 14.2 Å². The van der Waals surface area contributed by atoms with E-state index in [0.29, 0.717) is 34.6 Å². The van der Waals surface area contributed by atoms with Crippen LogP contribution in [0, 0.1) is 0 Å². The van der Waals surface area contributed by atoms with Gasteiger partial charge in [-0.25, -0.2) is 4.98 Å². The lowest BCUT2D eigenvalue weighted by Gasteiger charge is -2.35. The summed E-state index contributed by atoms with van der Waals surface area (Å²) in [5.74, 6) is 0.195. The van der Waals surface area contributed by atoms with Crippen LogP contribution in [0.1, 0.15) is 10.6 Å². The van der Waals surface area contributed by atoms with E-state index in [9.17, 15) is 4.79 Å². The van der Waals surface area contributed by atoms with Crippen LogP contribution in [-0.4, -0.2) is 42.0 Å². The number of carbonyl (C=O) groups is 1. The zero-order valence-corrected chi connectivity index (χ0v) is 17.0. The molecule has 5 rings (SSSR count). The first-order valence-corrected chi connectivity index (χ1v) is 10.1. The maximum Gasteiger partial charge on any atom is 0.289 e. The molecule has 0 N–H and O–H groups in total. The summed E-state index contributed by atoms with van der Waals surface area (Å²) in [5.41, 5.74) is 2.26. The molecule has 1 saturated heterocycles. The largest absolute Gasteiger partial charge is 0.433 e. The van der Waals surface area contributed by atoms with Crippen LogP contribution in [0.3, 0.4) is 0 Å². The van der Waals surface area contributed by atoms with Crippen LogP contribution < -0.4 is 4.90 Å². The van der Waals surface area contributed by atoms with Crippen molar-refractivity contribution in [2.24, 2.45) is 0 Å². The fraction of sp³-hybridized carbons (Fsp3) is 0.182. The van der Waals surface area contributed by atoms with Gasteiger partial charge in [0.05, 0.1) is 5.52 Å². The zero-order chi connectivity index (χ0) is 20.0. The van der Waals surface area contributed by atoms with E-state index in [1.165, 1.54) is 0 Å². The van der Waals surface area contributed by atoms with Crippen LogP contribution in [-0.2, 0) is 0 Å². The first-order valence-electron chi connectivity index (χ1n) is 9.36. The average Bonchev–Trinajstić information content (AvgIpc) is 3.14. The van der Waals surface area contributed by atoms with Gasteiger partial charge in [-0.15, -0.1) is 0 Å². The van der Waals surface area contributed by atoms with Crippen LogP contribution in [0.4, 0.5) is 5.69 Å². The van der Waals surface area contributed by atoms with Crippen LogP contribution >= 0.6 is 23.2 Å². The van der Waals surface area contributed by atoms with Gasteiger partial charge in [-0.3, -0.25) is 4.79 Å². The molecule has 5 nitrogen and oxygen atoms in total. The summed E-state index contributed by atoms with van der Waals surface area (Å²) in [6.45, 7) is 2.72. The van der Waals surface area contributed by atoms with Crippen LogP contribution in [0.2, 0.25) is 10.0 Å². The Morgan fingerprint density at radius 1 is 0.897 bits per heavy atom. The minimum absolute atomic E-state index is 0.115. The Morgan fingerprint density at radius 3 is 2.48 bits per heavy atom. The first kappa shape index (κ1) is 18.3. The molecule has 1 aliphatic rings. The van der Waals surface area contributed by atoms with Gasteiger partial charge in [-0.2, -0.15) is 0 Å². The molecule has 4 aromatic rings. The van der Waals surface area contributed by atoms with Crippen molar-refractivity contribution in [3.05, 3.63) is 70.4 Å². The molecule has 0 aliphatic carbocycles. The summed E-state index contributed by atoms with van der Waals surface area (Å²) in [7, 11) is 0. The van der Waals surface area contributed by atoms with Crippen molar-refractivity contribution in [3.8, 4) is 0 Å². The Balaban J connectivity index is 1.35. The molecule has 1 fully saturated rings. The molecule has 3 heterocycles. The Bertz CT molecular complexity index is 1230. The molecule has 1 aliphatic heterocycles. The lowest BCUT2D eigenvalue weighted by molar-refractivity contribution is 0.0717. The number of nitrogens with zero attached hydrogens (tertiary/aromatic N) is 3. The summed E-state index contributed by atoms with van der Waals surface area (Å²) in [6, 6.07) is 17.0. The van der Waals surface area contributed by atoms with Crippen molar-refractivity contribution in [2.75, 3.05) is 31.1 Å². The van der Waals surface area contributed by atoms with E-state index in [4.69, 9.17) is 27.6 Å². The molecular weight excluding hydrogens is 409 g/mol. The number of benzene rings is 2. The Morgan fingerprint density at radius 2 is 1.69 bits per heavy atom. The fourth-order valence-corrected chi connectivity index (χ4v) is 4.05. The van der Waals surface area contributed by atoms with Crippen molar-refractivity contribution >= 4 is 56.8 Å². The summed E-state index contributed by atoms with van der Waals surface area (Å²) in [6.07, 6.45) is 0. The van der Waals surface area contributed by atoms with Crippen molar-refractivity contribution in [1.82, 2.24) is 9.88 Å². The number of rotatable bonds is 2. The van der Waals surface area contributed by atoms with E-state index in [2.05, 4.69) is 9.88 Å². The van der Waals surface area contributed by atoms with Crippen LogP contribution in [0.5, 0.6) is 0 Å². The lowest BCUT2D eigenvalue weighted by Crippen LogP contribution is -2.48. The van der Waals surface area contributed by atoms with Gasteiger partial charge in [-0.1, -0.05) is 35.3 Å². The number of furan rings is 1. The van der Waals surface area contributed by atoms with Gasteiger partial charge in [-0.05, 0) is 42.5 Å². The van der Waals surface area contributed by atoms with Gasteiger partial charge in [0, 0.05) is 52.7 Å². The topological polar surface area (TPSA) is 49.6 Å². The number of amides is 1. The predicted octanol–water partition coefficient (Wildman–Crippen LogP) is 5.25. The third-order valence-corrected chi connectivity index (χ3v) is 5.69. The maximum atomic E-state index is 13.0. The maximum absolute atomic E-state index is 13.0. The highest BCUT2D eigenvalue weighted by atomic mass is 35.5. The lowest BCUT2D eigenvalue weighted by atomic mass is 10.2. The number of hydrogen-bond donors (Lipinski definition) is 0. The number of piperazine rings is 1. The summed E-state index contributed by atoms with van der Waals surface area (Å²) < 4.78 is 5.78. The second-order valence-corrected chi connectivity index (χ2v) is 7.96. The molecule has 29 heavy (non-hydrogen) atoms. The van der Waals surface area contributed by atoms with Gasteiger partial charge in [0.2, 0.25) is 5.71 Å². The van der Waals surface area contributed by atoms with Crippen molar-refractivity contribution in [3.63, 3.8) is 0 Å². The van der Waals surface area contributed by atoms with Crippen molar-refractivity contribution in [2.45, 2.75) is 0 Å². The molecule has 0 atom stereocenters. The molecule has 1 amide bonds. The van der Waals surface area contributed by atoms with E-state index in [0.717, 1.165) is 35.1 Å². The summed E-state index contributed by atoms with van der Waals surface area (Å²) >= 11 is 12.1. The highest BCUT2D eigenvalue weighted by Gasteiger charge is 2.25. The van der Waals surface area contributed by atoms with Gasteiger partial charge >= 0.3 is 0 Å². The van der Waals surface area contributed by atoms with Crippen molar-refractivity contribution < 1.29 is 9.21 Å². The number of carbonyl (C=O) groups excluding carboxylic acids is 1. The zero-order valence-electron chi connectivity index (χ0n) is 15.4. The third-order valence-electron chi connectivity index (χ3n) is 5.22. The number of fused-ring (bicyclic) bond motifs is 2. The molecule has 2 aromatic carbocycles. The normalized spacial score (nSPS) is 14.7. The van der Waals surface area contributed by atoms with Gasteiger partial charge in [0.1, 0.15) is 0 Å². The third kappa shape index (κ3) is 3.52. The van der Waals surface area contributed by atoms with E-state index < -0.39 is 0 Å². The molecule has 0 bridgehead atoms. The number of anilines is 1. The van der Waals surface area contributed by atoms with E-state index in [1.54, 1.807) is 12.1 Å². The molecule has 2 aromatic heterocycles. The molecule has 0 spiro atoms. The minimum atomic E-state index is -0.115. The van der Waals surface area contributed by atoms with Crippen LogP contribution in [0.15, 0.2) is 59.0 Å². The molecule has 0 saturated carbocycles. The second-order valence-electron chi connectivity index (χ2n) is 7.09. The number of aromatic nitrogens is 1. The smallest absolute Gasteiger partial charge is 0.289 e. The van der Waals surface area contributed by atoms with E-state index in [-0.39, 0.29) is 5.91 Å². The van der Waals surface area contributed by atoms with E-state index in [1.807, 2.05) is 47.4 Å². The standard InChI is InChI=1S/C22H17Cl2N3O2/c23-16-2-1-3-18(12-16)26-6-8-27(9-7-26)22(28)20-11-15-10-14-4-5-17(24)13-19(14)25-21(15)29-20/h1-5,10-13H,6-9H2. The highest BCUT2D eigenvalue weighted by molar-refractivity contribution is 6.31.